The van der Waals surface area contributed by atoms with Crippen molar-refractivity contribution in [3.05, 3.63) is 60.4 Å². The van der Waals surface area contributed by atoms with E-state index < -0.39 is 6.10 Å². The van der Waals surface area contributed by atoms with Gasteiger partial charge in [0, 0.05) is 31.3 Å². The number of fused-ring (bicyclic) bond motifs is 1. The smallest absolute Gasteiger partial charge is 0.129 e. The first kappa shape index (κ1) is 21.6. The van der Waals surface area contributed by atoms with E-state index in [1.807, 2.05) is 36.4 Å². The molecule has 3 aromatic rings. The first-order valence-electron chi connectivity index (χ1n) is 10.6. The Labute approximate surface area is 181 Å². The summed E-state index contributed by atoms with van der Waals surface area (Å²) in [5, 5.41) is 22.0. The fourth-order valence-electron chi connectivity index (χ4n) is 4.03. The fourth-order valence-corrected chi connectivity index (χ4v) is 4.03. The SMILES string of the molecule is COc1cc(F)ccc1-c1ccc2ccc(OCC(O)CN3CCC(O)CC3)cc2c1. The average molecular weight is 426 g/mol. The standard InChI is InChI=1S/C25H28FNO4/c1-30-25-14-20(26)5-7-24(25)18-3-2-17-4-6-23(13-19(17)12-18)31-16-22(29)15-27-10-8-21(28)9-11-27/h2-7,12-14,21-22,28-29H,8-11,15-16H2,1H3. The average Bonchev–Trinajstić information content (AvgIpc) is 2.78. The molecule has 0 bridgehead atoms. The van der Waals surface area contributed by atoms with E-state index in [1.54, 1.807) is 6.07 Å². The second-order valence-electron chi connectivity index (χ2n) is 8.06. The number of aliphatic hydroxyl groups excluding tert-OH is 2. The molecule has 1 saturated heterocycles. The van der Waals surface area contributed by atoms with Crippen molar-refractivity contribution in [1.29, 1.82) is 0 Å². The van der Waals surface area contributed by atoms with Crippen LogP contribution in [0.3, 0.4) is 0 Å². The maximum absolute atomic E-state index is 13.5. The number of methoxy groups -OCH3 is 1. The Kier molecular flexibility index (Phi) is 6.70. The normalized spacial score (nSPS) is 16.4. The number of halogens is 1. The Morgan fingerprint density at radius 3 is 2.58 bits per heavy atom. The molecule has 6 heteroatoms. The Balaban J connectivity index is 1.45. The first-order chi connectivity index (χ1) is 15.0. The molecule has 1 atom stereocenters. The van der Waals surface area contributed by atoms with Gasteiger partial charge in [-0.15, -0.1) is 0 Å². The molecule has 1 heterocycles. The van der Waals surface area contributed by atoms with Gasteiger partial charge in [0.15, 0.2) is 0 Å². The van der Waals surface area contributed by atoms with Gasteiger partial charge in [-0.2, -0.15) is 0 Å². The van der Waals surface area contributed by atoms with Crippen LogP contribution < -0.4 is 9.47 Å². The summed E-state index contributed by atoms with van der Waals surface area (Å²) in [5.74, 6) is 0.834. The molecule has 164 valence electrons. The highest BCUT2D eigenvalue weighted by atomic mass is 19.1. The van der Waals surface area contributed by atoms with Crippen LogP contribution >= 0.6 is 0 Å². The number of hydrogen-bond acceptors (Lipinski definition) is 5. The lowest BCUT2D eigenvalue weighted by atomic mass is 10.0. The van der Waals surface area contributed by atoms with Crippen molar-refractivity contribution >= 4 is 10.8 Å². The van der Waals surface area contributed by atoms with Crippen molar-refractivity contribution in [2.75, 3.05) is 33.4 Å². The van der Waals surface area contributed by atoms with Crippen LogP contribution in [0, 0.1) is 5.82 Å². The van der Waals surface area contributed by atoms with Crippen molar-refractivity contribution in [2.45, 2.75) is 25.0 Å². The quantitative estimate of drug-likeness (QED) is 0.602. The molecule has 1 aliphatic heterocycles. The summed E-state index contributed by atoms with van der Waals surface area (Å²) in [5.41, 5.74) is 1.74. The van der Waals surface area contributed by atoms with Gasteiger partial charge in [0.25, 0.3) is 0 Å². The van der Waals surface area contributed by atoms with Gasteiger partial charge in [0.05, 0.1) is 13.2 Å². The van der Waals surface area contributed by atoms with Crippen molar-refractivity contribution in [3.63, 3.8) is 0 Å². The highest BCUT2D eigenvalue weighted by molar-refractivity contribution is 5.89. The van der Waals surface area contributed by atoms with Gasteiger partial charge >= 0.3 is 0 Å². The Morgan fingerprint density at radius 2 is 1.81 bits per heavy atom. The van der Waals surface area contributed by atoms with E-state index in [0.717, 1.165) is 47.8 Å². The van der Waals surface area contributed by atoms with Gasteiger partial charge in [-0.1, -0.05) is 18.2 Å². The third kappa shape index (κ3) is 5.34. The number of hydrogen-bond donors (Lipinski definition) is 2. The molecule has 0 aliphatic carbocycles. The van der Waals surface area contributed by atoms with Crippen molar-refractivity contribution in [1.82, 2.24) is 4.90 Å². The highest BCUT2D eigenvalue weighted by Crippen LogP contribution is 2.33. The minimum atomic E-state index is -0.597. The van der Waals surface area contributed by atoms with E-state index in [1.165, 1.54) is 19.2 Å². The van der Waals surface area contributed by atoms with Crippen LogP contribution in [0.5, 0.6) is 11.5 Å². The van der Waals surface area contributed by atoms with Crippen molar-refractivity contribution < 1.29 is 24.1 Å². The van der Waals surface area contributed by atoms with Crippen LogP contribution in [0.15, 0.2) is 54.6 Å². The number of likely N-dealkylation sites (tertiary alicyclic amines) is 1. The second kappa shape index (κ2) is 9.64. The summed E-state index contributed by atoms with van der Waals surface area (Å²) < 4.78 is 24.7. The zero-order valence-electron chi connectivity index (χ0n) is 17.6. The summed E-state index contributed by atoms with van der Waals surface area (Å²) in [6.07, 6.45) is 0.682. The lowest BCUT2D eigenvalue weighted by molar-refractivity contribution is 0.0338. The van der Waals surface area contributed by atoms with Crippen LogP contribution in [-0.4, -0.2) is 60.7 Å². The summed E-state index contributed by atoms with van der Waals surface area (Å²) in [6.45, 7) is 2.33. The van der Waals surface area contributed by atoms with Crippen LogP contribution in [0.4, 0.5) is 4.39 Å². The molecule has 0 spiro atoms. The Bertz CT molecular complexity index is 1030. The maximum Gasteiger partial charge on any atom is 0.129 e. The zero-order valence-corrected chi connectivity index (χ0v) is 17.6. The first-order valence-corrected chi connectivity index (χ1v) is 10.6. The maximum atomic E-state index is 13.5. The molecule has 3 aromatic carbocycles. The fraction of sp³-hybridized carbons (Fsp3) is 0.360. The number of piperidine rings is 1. The molecule has 1 unspecified atom stereocenters. The Morgan fingerprint density at radius 1 is 1.03 bits per heavy atom. The number of aliphatic hydroxyl groups is 2. The van der Waals surface area contributed by atoms with E-state index in [4.69, 9.17) is 9.47 Å². The number of β-amino-alcohol motifs (C(OH)–C–C–N with tert-alkyl or cyclic N) is 1. The van der Waals surface area contributed by atoms with Gasteiger partial charge < -0.3 is 24.6 Å². The molecule has 2 N–H and O–H groups in total. The van der Waals surface area contributed by atoms with Gasteiger partial charge in [0.2, 0.25) is 0 Å². The second-order valence-corrected chi connectivity index (χ2v) is 8.06. The number of ether oxygens (including phenoxy) is 2. The molecule has 0 amide bonds. The molecular weight excluding hydrogens is 397 g/mol. The molecule has 0 radical (unpaired) electrons. The van der Waals surface area contributed by atoms with E-state index in [0.29, 0.717) is 18.0 Å². The van der Waals surface area contributed by atoms with Gasteiger partial charge in [0.1, 0.15) is 30.0 Å². The van der Waals surface area contributed by atoms with E-state index in [9.17, 15) is 14.6 Å². The molecule has 0 saturated carbocycles. The number of benzene rings is 3. The summed E-state index contributed by atoms with van der Waals surface area (Å²) in [6, 6.07) is 16.3. The molecule has 5 nitrogen and oxygen atoms in total. The van der Waals surface area contributed by atoms with Crippen LogP contribution in [0.25, 0.3) is 21.9 Å². The molecular formula is C25H28FNO4. The molecule has 31 heavy (non-hydrogen) atoms. The molecule has 4 rings (SSSR count). The van der Waals surface area contributed by atoms with Gasteiger partial charge in [-0.05, 0) is 59.5 Å². The van der Waals surface area contributed by atoms with Crippen molar-refractivity contribution in [2.24, 2.45) is 0 Å². The summed E-state index contributed by atoms with van der Waals surface area (Å²) >= 11 is 0. The number of nitrogens with zero attached hydrogens (tertiary/aromatic N) is 1. The summed E-state index contributed by atoms with van der Waals surface area (Å²) in [4.78, 5) is 2.16. The topological polar surface area (TPSA) is 62.2 Å². The van der Waals surface area contributed by atoms with Gasteiger partial charge in [-0.25, -0.2) is 4.39 Å². The predicted molar refractivity (Wildman–Crippen MR) is 119 cm³/mol. The molecule has 1 fully saturated rings. The molecule has 0 aromatic heterocycles. The van der Waals surface area contributed by atoms with Crippen molar-refractivity contribution in [3.8, 4) is 22.6 Å². The van der Waals surface area contributed by atoms with E-state index in [2.05, 4.69) is 4.90 Å². The molecule has 1 aliphatic rings. The minimum absolute atomic E-state index is 0.204. The van der Waals surface area contributed by atoms with Crippen LogP contribution in [-0.2, 0) is 0 Å². The third-order valence-corrected chi connectivity index (χ3v) is 5.75. The monoisotopic (exact) mass is 425 g/mol. The number of rotatable bonds is 7. The van der Waals surface area contributed by atoms with Gasteiger partial charge in [-0.3, -0.25) is 0 Å². The Hall–Kier alpha value is -2.67. The van der Waals surface area contributed by atoms with E-state index >= 15 is 0 Å². The highest BCUT2D eigenvalue weighted by Gasteiger charge is 2.19. The lowest BCUT2D eigenvalue weighted by Crippen LogP contribution is -2.41. The lowest BCUT2D eigenvalue weighted by Gasteiger charge is -2.30. The minimum Gasteiger partial charge on any atom is -0.496 e. The third-order valence-electron chi connectivity index (χ3n) is 5.75. The van der Waals surface area contributed by atoms with E-state index in [-0.39, 0.29) is 18.5 Å². The summed E-state index contributed by atoms with van der Waals surface area (Å²) in [7, 11) is 1.53. The van der Waals surface area contributed by atoms with Crippen LogP contribution in [0.2, 0.25) is 0 Å². The predicted octanol–water partition coefficient (Wildman–Crippen LogP) is 3.85. The van der Waals surface area contributed by atoms with Crippen LogP contribution in [0.1, 0.15) is 12.8 Å². The zero-order chi connectivity index (χ0) is 21.8. The largest absolute Gasteiger partial charge is 0.496 e.